The lowest BCUT2D eigenvalue weighted by Crippen LogP contribution is -2.30. The molecule has 0 heterocycles. The van der Waals surface area contributed by atoms with Crippen LogP contribution >= 0.6 is 0 Å². The summed E-state index contributed by atoms with van der Waals surface area (Å²) in [6, 6.07) is 0. The Labute approximate surface area is 99.3 Å². The SMILES string of the molecule is COC(=O)C(C(=O)CCOCC(F)F)C(C)C. The van der Waals surface area contributed by atoms with Gasteiger partial charge in [0.15, 0.2) is 0 Å². The predicted octanol–water partition coefficient (Wildman–Crippen LogP) is 1.67. The highest BCUT2D eigenvalue weighted by atomic mass is 19.3. The van der Waals surface area contributed by atoms with Crippen molar-refractivity contribution in [1.29, 1.82) is 0 Å². The molecule has 0 radical (unpaired) electrons. The lowest BCUT2D eigenvalue weighted by Gasteiger charge is -2.16. The van der Waals surface area contributed by atoms with Gasteiger partial charge in [0.25, 0.3) is 6.43 Å². The highest BCUT2D eigenvalue weighted by molar-refractivity contribution is 5.99. The number of ether oxygens (including phenoxy) is 2. The quantitative estimate of drug-likeness (QED) is 0.374. The third-order valence-corrected chi connectivity index (χ3v) is 2.21. The van der Waals surface area contributed by atoms with Crippen LogP contribution in [0.15, 0.2) is 0 Å². The number of alkyl halides is 2. The second kappa shape index (κ2) is 8.11. The van der Waals surface area contributed by atoms with Crippen molar-refractivity contribution in [3.05, 3.63) is 0 Å². The minimum Gasteiger partial charge on any atom is -0.468 e. The Morgan fingerprint density at radius 3 is 2.24 bits per heavy atom. The molecule has 17 heavy (non-hydrogen) atoms. The van der Waals surface area contributed by atoms with Gasteiger partial charge in [-0.15, -0.1) is 0 Å². The molecule has 0 aromatic carbocycles. The summed E-state index contributed by atoms with van der Waals surface area (Å²) in [5.41, 5.74) is 0. The summed E-state index contributed by atoms with van der Waals surface area (Å²) in [5.74, 6) is -1.99. The van der Waals surface area contributed by atoms with E-state index in [2.05, 4.69) is 9.47 Å². The number of carbonyl (C=O) groups excluding carboxylic acids is 2. The molecule has 0 fully saturated rings. The van der Waals surface area contributed by atoms with Gasteiger partial charge in [-0.1, -0.05) is 13.8 Å². The topological polar surface area (TPSA) is 52.6 Å². The Morgan fingerprint density at radius 1 is 1.24 bits per heavy atom. The van der Waals surface area contributed by atoms with Crippen molar-refractivity contribution in [3.63, 3.8) is 0 Å². The third kappa shape index (κ3) is 6.31. The van der Waals surface area contributed by atoms with E-state index in [-0.39, 0.29) is 24.7 Å². The largest absolute Gasteiger partial charge is 0.468 e. The zero-order valence-corrected chi connectivity index (χ0v) is 10.2. The van der Waals surface area contributed by atoms with Crippen molar-refractivity contribution < 1.29 is 27.8 Å². The van der Waals surface area contributed by atoms with Gasteiger partial charge in [-0.25, -0.2) is 8.78 Å². The molecular weight excluding hydrogens is 234 g/mol. The zero-order valence-electron chi connectivity index (χ0n) is 10.2. The molecule has 0 aliphatic carbocycles. The molecule has 1 atom stereocenters. The van der Waals surface area contributed by atoms with Crippen molar-refractivity contribution in [2.75, 3.05) is 20.3 Å². The monoisotopic (exact) mass is 252 g/mol. The van der Waals surface area contributed by atoms with E-state index in [1.54, 1.807) is 13.8 Å². The van der Waals surface area contributed by atoms with Gasteiger partial charge in [0.05, 0.1) is 13.7 Å². The van der Waals surface area contributed by atoms with Gasteiger partial charge < -0.3 is 9.47 Å². The number of halogens is 2. The first-order valence-electron chi connectivity index (χ1n) is 5.36. The fraction of sp³-hybridized carbons (Fsp3) is 0.818. The molecule has 0 saturated heterocycles. The van der Waals surface area contributed by atoms with Crippen LogP contribution in [-0.4, -0.2) is 38.5 Å². The molecule has 100 valence electrons. The number of hydrogen-bond acceptors (Lipinski definition) is 4. The van der Waals surface area contributed by atoms with Gasteiger partial charge in [0.2, 0.25) is 0 Å². The van der Waals surface area contributed by atoms with E-state index in [9.17, 15) is 18.4 Å². The molecule has 1 unspecified atom stereocenters. The number of carbonyl (C=O) groups is 2. The first-order chi connectivity index (χ1) is 7.90. The Morgan fingerprint density at radius 2 is 1.82 bits per heavy atom. The zero-order chi connectivity index (χ0) is 13.4. The van der Waals surface area contributed by atoms with E-state index >= 15 is 0 Å². The van der Waals surface area contributed by atoms with E-state index in [1.807, 2.05) is 0 Å². The molecule has 0 rings (SSSR count). The maximum absolute atomic E-state index is 11.7. The van der Waals surface area contributed by atoms with Crippen LogP contribution in [0.2, 0.25) is 0 Å². The number of ketones is 1. The van der Waals surface area contributed by atoms with Gasteiger partial charge in [0, 0.05) is 6.42 Å². The number of esters is 1. The van der Waals surface area contributed by atoms with E-state index in [1.165, 1.54) is 7.11 Å². The van der Waals surface area contributed by atoms with Crippen molar-refractivity contribution in [1.82, 2.24) is 0 Å². The molecule has 0 aliphatic heterocycles. The fourth-order valence-corrected chi connectivity index (χ4v) is 1.40. The predicted molar refractivity (Wildman–Crippen MR) is 56.8 cm³/mol. The molecule has 0 N–H and O–H groups in total. The molecular formula is C11H18F2O4. The smallest absolute Gasteiger partial charge is 0.316 e. The van der Waals surface area contributed by atoms with Gasteiger partial charge in [-0.05, 0) is 5.92 Å². The lowest BCUT2D eigenvalue weighted by atomic mass is 9.90. The third-order valence-electron chi connectivity index (χ3n) is 2.21. The Bertz CT molecular complexity index is 254. The van der Waals surface area contributed by atoms with Crippen molar-refractivity contribution >= 4 is 11.8 Å². The molecule has 0 aromatic heterocycles. The van der Waals surface area contributed by atoms with Crippen molar-refractivity contribution in [2.24, 2.45) is 11.8 Å². The second-order valence-electron chi connectivity index (χ2n) is 3.93. The summed E-state index contributed by atoms with van der Waals surface area (Å²) in [6.07, 6.45) is -2.61. The summed E-state index contributed by atoms with van der Waals surface area (Å²) in [5, 5.41) is 0. The molecule has 0 aromatic rings. The minimum absolute atomic E-state index is 0.0648. The summed E-state index contributed by atoms with van der Waals surface area (Å²) in [6.45, 7) is 2.64. The van der Waals surface area contributed by atoms with Crippen LogP contribution in [0, 0.1) is 11.8 Å². The van der Waals surface area contributed by atoms with E-state index in [0.717, 1.165) is 0 Å². The average Bonchev–Trinajstić information content (AvgIpc) is 2.23. The fourth-order valence-electron chi connectivity index (χ4n) is 1.40. The minimum atomic E-state index is -2.55. The maximum atomic E-state index is 11.7. The van der Waals surface area contributed by atoms with Gasteiger partial charge in [-0.2, -0.15) is 0 Å². The Kier molecular flexibility index (Phi) is 7.61. The van der Waals surface area contributed by atoms with Gasteiger partial charge in [0.1, 0.15) is 18.3 Å². The number of hydrogen-bond donors (Lipinski definition) is 0. The first kappa shape index (κ1) is 16.0. The van der Waals surface area contributed by atoms with Crippen molar-refractivity contribution in [2.45, 2.75) is 26.7 Å². The number of Topliss-reactive ketones (excluding diaryl/α,β-unsaturated/α-hetero) is 1. The summed E-state index contributed by atoms with van der Waals surface area (Å²) >= 11 is 0. The molecule has 0 saturated carbocycles. The molecule has 0 spiro atoms. The van der Waals surface area contributed by atoms with Crippen LogP contribution in [-0.2, 0) is 19.1 Å². The van der Waals surface area contributed by atoms with E-state index in [0.29, 0.717) is 0 Å². The van der Waals surface area contributed by atoms with Crippen LogP contribution in [0.5, 0.6) is 0 Å². The summed E-state index contributed by atoms with van der Waals surface area (Å²) in [7, 11) is 1.21. The highest BCUT2D eigenvalue weighted by Gasteiger charge is 2.29. The highest BCUT2D eigenvalue weighted by Crippen LogP contribution is 2.15. The molecule has 6 heteroatoms. The first-order valence-corrected chi connectivity index (χ1v) is 5.36. The lowest BCUT2D eigenvalue weighted by molar-refractivity contribution is -0.151. The molecule has 0 amide bonds. The van der Waals surface area contributed by atoms with Gasteiger partial charge >= 0.3 is 5.97 Å². The molecule has 0 aliphatic rings. The standard InChI is InChI=1S/C11H18F2O4/c1-7(2)10(11(15)16-3)8(14)4-5-17-6-9(12)13/h7,9-10H,4-6H2,1-3H3. The van der Waals surface area contributed by atoms with Crippen LogP contribution in [0.3, 0.4) is 0 Å². The van der Waals surface area contributed by atoms with Crippen LogP contribution in [0.1, 0.15) is 20.3 Å². The average molecular weight is 252 g/mol. The van der Waals surface area contributed by atoms with Crippen molar-refractivity contribution in [3.8, 4) is 0 Å². The Hall–Kier alpha value is -1.04. The van der Waals surface area contributed by atoms with E-state index in [4.69, 9.17) is 0 Å². The number of methoxy groups -OCH3 is 1. The summed E-state index contributed by atoms with van der Waals surface area (Å²) in [4.78, 5) is 23.0. The number of rotatable bonds is 8. The van der Waals surface area contributed by atoms with Crippen LogP contribution in [0.4, 0.5) is 8.78 Å². The maximum Gasteiger partial charge on any atom is 0.316 e. The molecule has 4 nitrogen and oxygen atoms in total. The van der Waals surface area contributed by atoms with Crippen LogP contribution < -0.4 is 0 Å². The summed E-state index contributed by atoms with van der Waals surface area (Å²) < 4.78 is 32.6. The van der Waals surface area contributed by atoms with E-state index < -0.39 is 24.9 Å². The van der Waals surface area contributed by atoms with Crippen LogP contribution in [0.25, 0.3) is 0 Å². The second-order valence-corrected chi connectivity index (χ2v) is 3.93. The van der Waals surface area contributed by atoms with Gasteiger partial charge in [-0.3, -0.25) is 9.59 Å². The Balaban J connectivity index is 4.12. The molecule has 0 bridgehead atoms. The normalized spacial score (nSPS) is 12.9.